The summed E-state index contributed by atoms with van der Waals surface area (Å²) in [5.41, 5.74) is 5.11. The maximum absolute atomic E-state index is 12.4. The first-order valence-electron chi connectivity index (χ1n) is 13.6. The number of rotatable bonds is 16. The van der Waals surface area contributed by atoms with E-state index in [4.69, 9.17) is 5.73 Å². The number of carboxylic acid groups (broad SMARTS) is 3. The highest BCUT2D eigenvalue weighted by molar-refractivity contribution is 5.78. The topological polar surface area (TPSA) is 197 Å². The number of nitrogens with zero attached hydrogens (tertiary/aromatic N) is 4. The monoisotopic (exact) mass is 558 g/mol. The zero-order valence-corrected chi connectivity index (χ0v) is 23.1. The molecule has 1 atom stereocenters. The van der Waals surface area contributed by atoms with Crippen molar-refractivity contribution in [1.82, 2.24) is 24.9 Å². The number of carbonyl (C=O) groups excluding carboxylic acids is 2. The molecule has 1 aliphatic rings. The number of carbonyl (C=O) groups is 5. The fourth-order valence-corrected chi connectivity index (χ4v) is 4.53. The van der Waals surface area contributed by atoms with Gasteiger partial charge in [-0.15, -0.1) is 0 Å². The van der Waals surface area contributed by atoms with Crippen LogP contribution in [0.15, 0.2) is 0 Å². The molecule has 0 saturated carbocycles. The first kappa shape index (κ1) is 34.2. The molecule has 0 aromatic carbocycles. The third kappa shape index (κ3) is 16.0. The molecule has 224 valence electrons. The van der Waals surface area contributed by atoms with E-state index in [0.717, 1.165) is 6.42 Å². The van der Waals surface area contributed by atoms with Gasteiger partial charge in [0.15, 0.2) is 0 Å². The van der Waals surface area contributed by atoms with E-state index in [2.05, 4.69) is 10.2 Å². The van der Waals surface area contributed by atoms with Crippen molar-refractivity contribution in [3.8, 4) is 0 Å². The first-order valence-corrected chi connectivity index (χ1v) is 13.6. The van der Waals surface area contributed by atoms with E-state index < -0.39 is 23.9 Å². The predicted octanol–water partition coefficient (Wildman–Crippen LogP) is -1.21. The zero-order chi connectivity index (χ0) is 29.2. The van der Waals surface area contributed by atoms with Crippen molar-refractivity contribution in [2.24, 2.45) is 5.73 Å². The molecule has 1 rings (SSSR count). The minimum Gasteiger partial charge on any atom is -0.480 e. The number of hydrogen-bond acceptors (Lipinski definition) is 9. The van der Waals surface area contributed by atoms with E-state index in [9.17, 15) is 39.3 Å². The van der Waals surface area contributed by atoms with Gasteiger partial charge in [-0.05, 0) is 25.8 Å². The maximum Gasteiger partial charge on any atom is 0.320 e. The SMILES string of the molecule is CCN1CCN(CC(=O)O)CCN(CC(=O)O)CCN(C(CCC(=O)NCCCCCC(N)=O)C(=O)O)CC1. The Morgan fingerprint density at radius 2 is 1.26 bits per heavy atom. The molecule has 0 bridgehead atoms. The van der Waals surface area contributed by atoms with Crippen molar-refractivity contribution in [2.75, 3.05) is 78.5 Å². The van der Waals surface area contributed by atoms with E-state index in [1.807, 2.05) is 6.92 Å². The second-order valence-electron chi connectivity index (χ2n) is 9.83. The number of likely N-dealkylation sites (N-methyl/N-ethyl adjacent to an activating group) is 1. The molecule has 39 heavy (non-hydrogen) atoms. The van der Waals surface area contributed by atoms with Crippen LogP contribution in [0.4, 0.5) is 0 Å². The molecular weight excluding hydrogens is 512 g/mol. The molecule has 14 heteroatoms. The van der Waals surface area contributed by atoms with Gasteiger partial charge in [0, 0.05) is 71.7 Å². The van der Waals surface area contributed by atoms with E-state index in [-0.39, 0.29) is 37.7 Å². The van der Waals surface area contributed by atoms with Crippen LogP contribution >= 0.6 is 0 Å². The molecule has 0 aromatic heterocycles. The average molecular weight is 559 g/mol. The van der Waals surface area contributed by atoms with E-state index in [0.29, 0.717) is 84.7 Å². The van der Waals surface area contributed by atoms with Crippen LogP contribution < -0.4 is 11.1 Å². The van der Waals surface area contributed by atoms with Crippen molar-refractivity contribution >= 4 is 29.7 Å². The Bertz CT molecular complexity index is 799. The molecule has 2 amide bonds. The standard InChI is InChI=1S/C25H46N6O8/c1-2-28-10-11-29(18-23(34)35)12-13-30(19-24(36)37)15-17-31(16-14-28)20(25(38)39)7-8-22(33)27-9-5-3-4-6-21(26)32/h20H,2-19H2,1H3,(H2,26,32)(H,27,33)(H,34,35)(H,36,37)(H,38,39). The van der Waals surface area contributed by atoms with Gasteiger partial charge in [-0.2, -0.15) is 0 Å². The van der Waals surface area contributed by atoms with Gasteiger partial charge in [0.25, 0.3) is 0 Å². The predicted molar refractivity (Wildman–Crippen MR) is 143 cm³/mol. The normalized spacial score (nSPS) is 18.0. The van der Waals surface area contributed by atoms with Gasteiger partial charge in [0.2, 0.25) is 11.8 Å². The summed E-state index contributed by atoms with van der Waals surface area (Å²) >= 11 is 0. The van der Waals surface area contributed by atoms with Crippen molar-refractivity contribution in [2.45, 2.75) is 51.5 Å². The summed E-state index contributed by atoms with van der Waals surface area (Å²) in [6, 6.07) is -0.914. The van der Waals surface area contributed by atoms with Crippen molar-refractivity contribution in [3.63, 3.8) is 0 Å². The maximum atomic E-state index is 12.4. The summed E-state index contributed by atoms with van der Waals surface area (Å²) in [7, 11) is 0. The molecule has 0 aliphatic carbocycles. The molecule has 0 aromatic rings. The number of primary amides is 1. The smallest absolute Gasteiger partial charge is 0.320 e. The van der Waals surface area contributed by atoms with Crippen LogP contribution in [0.3, 0.4) is 0 Å². The highest BCUT2D eigenvalue weighted by Gasteiger charge is 2.28. The van der Waals surface area contributed by atoms with Gasteiger partial charge in [-0.3, -0.25) is 38.7 Å². The molecule has 1 saturated heterocycles. The second kappa shape index (κ2) is 19.3. The largest absolute Gasteiger partial charge is 0.480 e. The lowest BCUT2D eigenvalue weighted by Gasteiger charge is -2.35. The summed E-state index contributed by atoms with van der Waals surface area (Å²) in [4.78, 5) is 65.5. The third-order valence-corrected chi connectivity index (χ3v) is 6.83. The van der Waals surface area contributed by atoms with Crippen LogP contribution in [0.25, 0.3) is 0 Å². The Morgan fingerprint density at radius 3 is 1.74 bits per heavy atom. The van der Waals surface area contributed by atoms with Crippen LogP contribution in [0, 0.1) is 0 Å². The Kier molecular flexibility index (Phi) is 16.9. The van der Waals surface area contributed by atoms with Gasteiger partial charge in [0.05, 0.1) is 13.1 Å². The lowest BCUT2D eigenvalue weighted by molar-refractivity contribution is -0.144. The summed E-state index contributed by atoms with van der Waals surface area (Å²) in [5.74, 6) is -3.60. The average Bonchev–Trinajstić information content (AvgIpc) is 2.84. The van der Waals surface area contributed by atoms with Crippen LogP contribution in [-0.2, 0) is 24.0 Å². The zero-order valence-electron chi connectivity index (χ0n) is 23.1. The molecule has 1 unspecified atom stereocenters. The summed E-state index contributed by atoms with van der Waals surface area (Å²) in [6.45, 7) is 6.10. The minimum absolute atomic E-state index is 0.0369. The fourth-order valence-electron chi connectivity index (χ4n) is 4.53. The van der Waals surface area contributed by atoms with Crippen LogP contribution in [0.1, 0.15) is 45.4 Å². The molecule has 0 spiro atoms. The highest BCUT2D eigenvalue weighted by atomic mass is 16.4. The molecule has 0 radical (unpaired) electrons. The Labute approximate surface area is 230 Å². The summed E-state index contributed by atoms with van der Waals surface area (Å²) < 4.78 is 0. The molecule has 6 N–H and O–H groups in total. The molecule has 1 fully saturated rings. The minimum atomic E-state index is -1.04. The van der Waals surface area contributed by atoms with Crippen molar-refractivity contribution in [3.05, 3.63) is 0 Å². The quantitative estimate of drug-likeness (QED) is 0.142. The van der Waals surface area contributed by atoms with E-state index in [1.54, 1.807) is 14.7 Å². The lowest BCUT2D eigenvalue weighted by Crippen LogP contribution is -2.51. The highest BCUT2D eigenvalue weighted by Crippen LogP contribution is 2.11. The van der Waals surface area contributed by atoms with Gasteiger partial charge < -0.3 is 31.3 Å². The fraction of sp³-hybridized carbons (Fsp3) is 0.800. The van der Waals surface area contributed by atoms with Gasteiger partial charge >= 0.3 is 17.9 Å². The number of nitrogens with two attached hydrogens (primary N) is 1. The first-order chi connectivity index (χ1) is 18.5. The molecular formula is C25H46N6O8. The number of nitrogens with one attached hydrogen (secondary N) is 1. The summed E-state index contributed by atoms with van der Waals surface area (Å²) in [6.07, 6.45) is 2.57. The number of aliphatic carboxylic acids is 3. The second-order valence-corrected chi connectivity index (χ2v) is 9.83. The van der Waals surface area contributed by atoms with Gasteiger partial charge in [-0.1, -0.05) is 13.3 Å². The summed E-state index contributed by atoms with van der Waals surface area (Å²) in [5, 5.41) is 31.4. The number of carboxylic acids is 3. The Morgan fingerprint density at radius 1 is 0.744 bits per heavy atom. The van der Waals surface area contributed by atoms with E-state index in [1.165, 1.54) is 0 Å². The van der Waals surface area contributed by atoms with Crippen LogP contribution in [-0.4, -0.2) is 149 Å². The van der Waals surface area contributed by atoms with Crippen LogP contribution in [0.5, 0.6) is 0 Å². The van der Waals surface area contributed by atoms with Gasteiger partial charge in [-0.25, -0.2) is 0 Å². The number of hydrogen-bond donors (Lipinski definition) is 5. The van der Waals surface area contributed by atoms with Crippen molar-refractivity contribution < 1.29 is 39.3 Å². The molecule has 1 heterocycles. The third-order valence-electron chi connectivity index (χ3n) is 6.83. The lowest BCUT2D eigenvalue weighted by atomic mass is 10.1. The van der Waals surface area contributed by atoms with Crippen molar-refractivity contribution in [1.29, 1.82) is 0 Å². The number of amides is 2. The molecule has 14 nitrogen and oxygen atoms in total. The van der Waals surface area contributed by atoms with Crippen LogP contribution in [0.2, 0.25) is 0 Å². The Hall–Kier alpha value is -2.81. The number of unbranched alkanes of at least 4 members (excludes halogenated alkanes) is 2. The van der Waals surface area contributed by atoms with Gasteiger partial charge in [0.1, 0.15) is 6.04 Å². The Balaban J connectivity index is 2.82. The van der Waals surface area contributed by atoms with E-state index >= 15 is 0 Å². The molecule has 1 aliphatic heterocycles.